The third kappa shape index (κ3) is 4.00. The van der Waals surface area contributed by atoms with Gasteiger partial charge in [-0.3, -0.25) is 9.59 Å². The first-order valence-electron chi connectivity index (χ1n) is 8.55. The zero-order valence-corrected chi connectivity index (χ0v) is 16.0. The molecule has 7 nitrogen and oxygen atoms in total. The number of anilines is 1. The highest BCUT2D eigenvalue weighted by atomic mass is 32.2. The summed E-state index contributed by atoms with van der Waals surface area (Å²) < 4.78 is 10.9. The van der Waals surface area contributed by atoms with Crippen LogP contribution in [0.4, 0.5) is 5.82 Å². The fourth-order valence-electron chi connectivity index (χ4n) is 3.02. The number of amides is 1. The Bertz CT molecular complexity index is 926. The van der Waals surface area contributed by atoms with Gasteiger partial charge in [0, 0.05) is 18.1 Å². The van der Waals surface area contributed by atoms with E-state index < -0.39 is 5.92 Å². The molecular formula is C19H21N3O4S. The first-order chi connectivity index (χ1) is 13.1. The highest BCUT2D eigenvalue weighted by Crippen LogP contribution is 2.38. The van der Waals surface area contributed by atoms with E-state index in [1.165, 1.54) is 11.8 Å². The topological polar surface area (TPSA) is 93.3 Å². The van der Waals surface area contributed by atoms with Crippen molar-refractivity contribution >= 4 is 23.5 Å². The van der Waals surface area contributed by atoms with Crippen molar-refractivity contribution in [1.29, 1.82) is 0 Å². The molecule has 0 fully saturated rings. The molecule has 3 rings (SSSR count). The van der Waals surface area contributed by atoms with Crippen LogP contribution in [0, 0.1) is 0 Å². The molecule has 0 aliphatic carbocycles. The van der Waals surface area contributed by atoms with Crippen LogP contribution in [0.1, 0.15) is 30.4 Å². The average molecular weight is 387 g/mol. The molecule has 1 aliphatic heterocycles. The maximum atomic E-state index is 12.7. The van der Waals surface area contributed by atoms with Crippen molar-refractivity contribution in [2.75, 3.05) is 24.8 Å². The molecule has 0 bridgehead atoms. The summed E-state index contributed by atoms with van der Waals surface area (Å²) >= 11 is 1.35. The number of carbonyl (C=O) groups is 1. The highest BCUT2D eigenvalue weighted by Gasteiger charge is 2.31. The lowest BCUT2D eigenvalue weighted by molar-refractivity contribution is -0.116. The van der Waals surface area contributed by atoms with E-state index in [9.17, 15) is 9.59 Å². The molecule has 1 aromatic carbocycles. The Morgan fingerprint density at radius 1 is 1.37 bits per heavy atom. The molecule has 2 N–H and O–H groups in total. The lowest BCUT2D eigenvalue weighted by atomic mass is 9.86. The minimum atomic E-state index is -0.409. The van der Waals surface area contributed by atoms with Crippen LogP contribution in [0.2, 0.25) is 0 Å². The number of rotatable bonds is 7. The van der Waals surface area contributed by atoms with Gasteiger partial charge in [0.15, 0.2) is 16.7 Å². The Kier molecular flexibility index (Phi) is 5.85. The Labute approximate surface area is 161 Å². The van der Waals surface area contributed by atoms with Crippen LogP contribution in [-0.2, 0) is 4.79 Å². The molecule has 0 saturated carbocycles. The monoisotopic (exact) mass is 387 g/mol. The van der Waals surface area contributed by atoms with Gasteiger partial charge in [-0.05, 0) is 24.6 Å². The summed E-state index contributed by atoms with van der Waals surface area (Å²) in [6.07, 6.45) is 1.88. The van der Waals surface area contributed by atoms with Gasteiger partial charge in [0.1, 0.15) is 5.82 Å². The number of aromatic nitrogens is 2. The van der Waals surface area contributed by atoms with Gasteiger partial charge in [-0.2, -0.15) is 0 Å². The summed E-state index contributed by atoms with van der Waals surface area (Å²) in [6.45, 7) is 6.06. The summed E-state index contributed by atoms with van der Waals surface area (Å²) in [4.78, 5) is 32.1. The van der Waals surface area contributed by atoms with Crippen LogP contribution >= 0.6 is 11.8 Å². The summed E-state index contributed by atoms with van der Waals surface area (Å²) in [5, 5.41) is 3.16. The maximum Gasteiger partial charge on any atom is 0.257 e. The summed E-state index contributed by atoms with van der Waals surface area (Å²) in [5.41, 5.74) is 0.985. The third-order valence-corrected chi connectivity index (χ3v) is 5.03. The average Bonchev–Trinajstić information content (AvgIpc) is 2.66. The Morgan fingerprint density at radius 2 is 2.19 bits per heavy atom. The largest absolute Gasteiger partial charge is 0.493 e. The second-order valence-corrected chi connectivity index (χ2v) is 6.89. The molecule has 1 amide bonds. The highest BCUT2D eigenvalue weighted by molar-refractivity contribution is 7.99. The molecule has 0 spiro atoms. The number of nitrogens with one attached hydrogen (secondary N) is 2. The lowest BCUT2D eigenvalue weighted by Gasteiger charge is -2.25. The summed E-state index contributed by atoms with van der Waals surface area (Å²) in [5.74, 6) is 1.50. The Morgan fingerprint density at radius 3 is 2.89 bits per heavy atom. The van der Waals surface area contributed by atoms with Gasteiger partial charge < -0.3 is 19.8 Å². The van der Waals surface area contributed by atoms with E-state index in [1.807, 2.05) is 13.0 Å². The number of thioether (sulfide) groups is 1. The number of benzene rings is 1. The van der Waals surface area contributed by atoms with Crippen molar-refractivity contribution in [3.8, 4) is 11.5 Å². The Hall–Kier alpha value is -2.74. The van der Waals surface area contributed by atoms with Crippen molar-refractivity contribution in [3.63, 3.8) is 0 Å². The number of nitrogens with zero attached hydrogens (tertiary/aromatic N) is 1. The van der Waals surface area contributed by atoms with E-state index in [0.717, 1.165) is 5.56 Å². The van der Waals surface area contributed by atoms with E-state index in [1.54, 1.807) is 25.3 Å². The van der Waals surface area contributed by atoms with Crippen LogP contribution in [0.3, 0.4) is 0 Å². The molecule has 27 heavy (non-hydrogen) atoms. The number of aromatic amines is 1. The van der Waals surface area contributed by atoms with Gasteiger partial charge in [0.05, 0.1) is 19.3 Å². The van der Waals surface area contributed by atoms with Crippen LogP contribution in [0.5, 0.6) is 11.5 Å². The van der Waals surface area contributed by atoms with E-state index in [-0.39, 0.29) is 17.9 Å². The smallest absolute Gasteiger partial charge is 0.257 e. The maximum absolute atomic E-state index is 12.7. The van der Waals surface area contributed by atoms with E-state index in [4.69, 9.17) is 9.47 Å². The van der Waals surface area contributed by atoms with Crippen molar-refractivity contribution in [1.82, 2.24) is 9.97 Å². The number of carbonyl (C=O) groups excluding carboxylic acids is 1. The first kappa shape index (κ1) is 19.0. The molecule has 1 aliphatic rings. The van der Waals surface area contributed by atoms with Gasteiger partial charge in [-0.25, -0.2) is 4.98 Å². The van der Waals surface area contributed by atoms with Crippen LogP contribution in [0.25, 0.3) is 0 Å². The second kappa shape index (κ2) is 8.30. The van der Waals surface area contributed by atoms with Gasteiger partial charge in [0.25, 0.3) is 5.56 Å². The van der Waals surface area contributed by atoms with Gasteiger partial charge in [-0.15, -0.1) is 6.58 Å². The molecule has 1 atom stereocenters. The molecule has 1 aromatic heterocycles. The van der Waals surface area contributed by atoms with E-state index in [0.29, 0.717) is 40.4 Å². The second-order valence-electron chi connectivity index (χ2n) is 5.88. The number of ether oxygens (including phenoxy) is 2. The lowest BCUT2D eigenvalue weighted by Crippen LogP contribution is -2.31. The number of H-pyrrole nitrogens is 1. The third-order valence-electron chi connectivity index (χ3n) is 4.16. The molecule has 0 saturated heterocycles. The minimum absolute atomic E-state index is 0.161. The summed E-state index contributed by atoms with van der Waals surface area (Å²) in [6, 6.07) is 5.44. The summed E-state index contributed by atoms with van der Waals surface area (Å²) in [7, 11) is 1.56. The molecule has 8 heteroatoms. The van der Waals surface area contributed by atoms with Gasteiger partial charge in [-0.1, -0.05) is 23.9 Å². The Balaban J connectivity index is 2.05. The SMILES string of the molecule is C=CCSc1nc2c(c(=O)[nH]1)C(c1ccc(OCC)c(OC)c1)CC(=O)N2. The van der Waals surface area contributed by atoms with E-state index >= 15 is 0 Å². The van der Waals surface area contributed by atoms with Gasteiger partial charge >= 0.3 is 0 Å². The molecule has 1 unspecified atom stereocenters. The molecule has 2 aromatic rings. The molecular weight excluding hydrogens is 366 g/mol. The van der Waals surface area contributed by atoms with Crippen molar-refractivity contribution < 1.29 is 14.3 Å². The fraction of sp³-hybridized carbons (Fsp3) is 0.316. The zero-order chi connectivity index (χ0) is 19.4. The van der Waals surface area contributed by atoms with Crippen LogP contribution in [0.15, 0.2) is 40.8 Å². The van der Waals surface area contributed by atoms with Crippen molar-refractivity contribution in [2.24, 2.45) is 0 Å². The molecule has 2 heterocycles. The number of fused-ring (bicyclic) bond motifs is 1. The number of hydrogen-bond donors (Lipinski definition) is 2. The van der Waals surface area contributed by atoms with Crippen LogP contribution < -0.4 is 20.3 Å². The predicted octanol–water partition coefficient (Wildman–Crippen LogP) is 2.93. The predicted molar refractivity (Wildman–Crippen MR) is 105 cm³/mol. The standard InChI is InChI=1S/C19H21N3O4S/c1-4-8-27-19-21-17-16(18(24)22-19)12(10-15(23)20-17)11-6-7-13(26-5-2)14(9-11)25-3/h4,6-7,9,12H,1,5,8,10H2,2-3H3,(H2,20,21,22,23,24). The van der Waals surface area contributed by atoms with Gasteiger partial charge in [0.2, 0.25) is 5.91 Å². The number of hydrogen-bond acceptors (Lipinski definition) is 6. The normalized spacial score (nSPS) is 15.6. The molecule has 0 radical (unpaired) electrons. The fourth-order valence-corrected chi connectivity index (χ4v) is 3.61. The number of methoxy groups -OCH3 is 1. The zero-order valence-electron chi connectivity index (χ0n) is 15.2. The minimum Gasteiger partial charge on any atom is -0.493 e. The van der Waals surface area contributed by atoms with Crippen LogP contribution in [-0.4, -0.2) is 35.3 Å². The quantitative estimate of drug-likeness (QED) is 0.431. The van der Waals surface area contributed by atoms with Crippen molar-refractivity contribution in [3.05, 3.63) is 52.3 Å². The first-order valence-corrected chi connectivity index (χ1v) is 9.54. The van der Waals surface area contributed by atoms with Crippen molar-refractivity contribution in [2.45, 2.75) is 24.4 Å². The van der Waals surface area contributed by atoms with E-state index in [2.05, 4.69) is 21.9 Å². The molecule has 142 valence electrons.